The molecule has 0 spiro atoms. The Bertz CT molecular complexity index is 718. The molecule has 146 valence electrons. The maximum Gasteiger partial charge on any atom is 0.325 e. The third-order valence-corrected chi connectivity index (χ3v) is 4.32. The highest BCUT2D eigenvalue weighted by molar-refractivity contribution is 5.97. The maximum atomic E-state index is 12.4. The van der Waals surface area contributed by atoms with Crippen LogP contribution in [0.25, 0.3) is 0 Å². The fraction of sp³-hybridized carbons (Fsp3) is 0.444. The molecule has 0 radical (unpaired) electrons. The van der Waals surface area contributed by atoms with Gasteiger partial charge in [-0.2, -0.15) is 0 Å². The summed E-state index contributed by atoms with van der Waals surface area (Å²) in [4.78, 5) is 48.1. The van der Waals surface area contributed by atoms with Crippen molar-refractivity contribution < 1.29 is 29.0 Å². The number of urea groups is 1. The van der Waals surface area contributed by atoms with Gasteiger partial charge in [-0.1, -0.05) is 6.92 Å². The van der Waals surface area contributed by atoms with E-state index in [9.17, 15) is 24.3 Å². The molecule has 0 bridgehead atoms. The van der Waals surface area contributed by atoms with Gasteiger partial charge in [-0.3, -0.25) is 14.4 Å². The minimum Gasteiger partial charge on any atom is -0.481 e. The fourth-order valence-corrected chi connectivity index (χ4v) is 2.93. The van der Waals surface area contributed by atoms with Crippen LogP contribution < -0.4 is 10.6 Å². The number of methoxy groups -OCH3 is 1. The average Bonchev–Trinajstić information content (AvgIpc) is 2.65. The summed E-state index contributed by atoms with van der Waals surface area (Å²) in [5.74, 6) is -2.36. The SMILES string of the molecule is COC(=O)CNC(=O)c1ccc(NC(=O)N2CC(C)CC(C(=O)O)C2)cc1. The first kappa shape index (κ1) is 20.2. The number of amides is 3. The molecule has 9 heteroatoms. The van der Waals surface area contributed by atoms with Crippen molar-refractivity contribution in [2.75, 3.05) is 32.1 Å². The van der Waals surface area contributed by atoms with E-state index in [1.54, 1.807) is 12.1 Å². The smallest absolute Gasteiger partial charge is 0.325 e. The summed E-state index contributed by atoms with van der Waals surface area (Å²) >= 11 is 0. The number of hydrogen-bond acceptors (Lipinski definition) is 5. The average molecular weight is 377 g/mol. The van der Waals surface area contributed by atoms with Crippen LogP contribution in [-0.4, -0.2) is 60.6 Å². The molecule has 1 saturated heterocycles. The number of nitrogens with zero attached hydrogens (tertiary/aromatic N) is 1. The van der Waals surface area contributed by atoms with Crippen LogP contribution in [0.15, 0.2) is 24.3 Å². The number of carboxylic acids is 1. The molecule has 0 aromatic heterocycles. The van der Waals surface area contributed by atoms with E-state index in [0.29, 0.717) is 24.2 Å². The Morgan fingerprint density at radius 1 is 1.19 bits per heavy atom. The van der Waals surface area contributed by atoms with Gasteiger partial charge in [-0.25, -0.2) is 4.79 Å². The first-order chi connectivity index (χ1) is 12.8. The van der Waals surface area contributed by atoms with Crippen molar-refractivity contribution in [3.05, 3.63) is 29.8 Å². The number of nitrogens with one attached hydrogen (secondary N) is 2. The molecule has 1 aromatic rings. The lowest BCUT2D eigenvalue weighted by Crippen LogP contribution is -2.47. The topological polar surface area (TPSA) is 125 Å². The number of likely N-dealkylation sites (tertiary alicyclic amines) is 1. The molecular formula is C18H23N3O6. The van der Waals surface area contributed by atoms with Crippen molar-refractivity contribution >= 4 is 29.6 Å². The molecule has 1 heterocycles. The number of aliphatic carboxylic acids is 1. The van der Waals surface area contributed by atoms with Crippen LogP contribution >= 0.6 is 0 Å². The zero-order chi connectivity index (χ0) is 20.0. The van der Waals surface area contributed by atoms with E-state index in [2.05, 4.69) is 15.4 Å². The van der Waals surface area contributed by atoms with Crippen LogP contribution in [0.1, 0.15) is 23.7 Å². The third-order valence-electron chi connectivity index (χ3n) is 4.32. The Morgan fingerprint density at radius 2 is 1.85 bits per heavy atom. The van der Waals surface area contributed by atoms with Crippen LogP contribution in [0.4, 0.5) is 10.5 Å². The number of benzene rings is 1. The van der Waals surface area contributed by atoms with Crippen LogP contribution in [0.3, 0.4) is 0 Å². The van der Waals surface area contributed by atoms with Gasteiger partial charge in [-0.05, 0) is 36.6 Å². The number of piperidine rings is 1. The molecule has 2 atom stereocenters. The summed E-state index contributed by atoms with van der Waals surface area (Å²) in [6, 6.07) is 5.78. The second kappa shape index (κ2) is 9.02. The molecule has 2 rings (SSSR count). The molecule has 0 saturated carbocycles. The molecule has 3 N–H and O–H groups in total. The Hall–Kier alpha value is -3.10. The summed E-state index contributed by atoms with van der Waals surface area (Å²) in [5, 5.41) is 14.3. The van der Waals surface area contributed by atoms with Crippen molar-refractivity contribution in [3.63, 3.8) is 0 Å². The maximum absolute atomic E-state index is 12.4. The second-order valence-electron chi connectivity index (χ2n) is 6.55. The van der Waals surface area contributed by atoms with Crippen molar-refractivity contribution in [1.29, 1.82) is 0 Å². The normalized spacial score (nSPS) is 19.1. The number of ether oxygens (including phenoxy) is 1. The molecule has 9 nitrogen and oxygen atoms in total. The van der Waals surface area contributed by atoms with E-state index >= 15 is 0 Å². The fourth-order valence-electron chi connectivity index (χ4n) is 2.93. The van der Waals surface area contributed by atoms with E-state index in [0.717, 1.165) is 0 Å². The molecule has 1 aliphatic heterocycles. The second-order valence-corrected chi connectivity index (χ2v) is 6.55. The largest absolute Gasteiger partial charge is 0.481 e. The molecule has 2 unspecified atom stereocenters. The number of hydrogen-bond donors (Lipinski definition) is 3. The molecule has 0 aliphatic carbocycles. The molecule has 27 heavy (non-hydrogen) atoms. The van der Waals surface area contributed by atoms with Crippen molar-refractivity contribution in [3.8, 4) is 0 Å². The predicted octanol–water partition coefficient (Wildman–Crippen LogP) is 1.16. The summed E-state index contributed by atoms with van der Waals surface area (Å²) in [6.45, 7) is 2.34. The van der Waals surface area contributed by atoms with Gasteiger partial charge in [-0.15, -0.1) is 0 Å². The lowest BCUT2D eigenvalue weighted by molar-refractivity contribution is -0.143. The van der Waals surface area contributed by atoms with Gasteiger partial charge in [0.1, 0.15) is 6.54 Å². The third kappa shape index (κ3) is 5.70. The molecule has 3 amide bonds. The molecule has 1 aromatic carbocycles. The lowest BCUT2D eigenvalue weighted by atomic mass is 9.91. The molecule has 1 aliphatic rings. The monoisotopic (exact) mass is 377 g/mol. The van der Waals surface area contributed by atoms with Gasteiger partial charge in [0.15, 0.2) is 0 Å². The minimum absolute atomic E-state index is 0.103. The summed E-state index contributed by atoms with van der Waals surface area (Å²) in [5.41, 5.74) is 0.809. The number of rotatable bonds is 5. The minimum atomic E-state index is -0.901. The van der Waals surface area contributed by atoms with Crippen molar-refractivity contribution in [2.45, 2.75) is 13.3 Å². The standard InChI is InChI=1S/C18H23N3O6/c1-11-7-13(17(24)25)10-21(9-11)18(26)20-14-5-3-12(4-6-14)16(23)19-8-15(22)27-2/h3-6,11,13H,7-10H2,1-2H3,(H,19,23)(H,20,26)(H,24,25). The van der Waals surface area contributed by atoms with Crippen molar-refractivity contribution in [1.82, 2.24) is 10.2 Å². The van der Waals surface area contributed by atoms with Crippen LogP contribution in [0.5, 0.6) is 0 Å². The Balaban J connectivity index is 1.93. The summed E-state index contributed by atoms with van der Waals surface area (Å²) in [7, 11) is 1.23. The number of esters is 1. The Morgan fingerprint density at radius 3 is 2.44 bits per heavy atom. The number of carboxylic acid groups (broad SMARTS) is 1. The summed E-state index contributed by atoms with van der Waals surface area (Å²) in [6.07, 6.45) is 0.550. The quantitative estimate of drug-likeness (QED) is 0.662. The van der Waals surface area contributed by atoms with Gasteiger partial charge in [0.05, 0.1) is 13.0 Å². The van der Waals surface area contributed by atoms with Crippen LogP contribution in [0.2, 0.25) is 0 Å². The highest BCUT2D eigenvalue weighted by Gasteiger charge is 2.31. The molecule has 1 fully saturated rings. The van der Waals surface area contributed by atoms with E-state index < -0.39 is 23.8 Å². The first-order valence-electron chi connectivity index (χ1n) is 8.54. The Kier molecular flexibility index (Phi) is 6.75. The highest BCUT2D eigenvalue weighted by Crippen LogP contribution is 2.22. The van der Waals surface area contributed by atoms with Gasteiger partial charge in [0.25, 0.3) is 5.91 Å². The van der Waals surface area contributed by atoms with Gasteiger partial charge in [0.2, 0.25) is 0 Å². The van der Waals surface area contributed by atoms with Gasteiger partial charge in [0, 0.05) is 24.3 Å². The van der Waals surface area contributed by atoms with E-state index in [-0.39, 0.29) is 25.0 Å². The first-order valence-corrected chi connectivity index (χ1v) is 8.54. The number of carbonyl (C=O) groups is 4. The van der Waals surface area contributed by atoms with Crippen LogP contribution in [0, 0.1) is 11.8 Å². The Labute approximate surface area is 156 Å². The zero-order valence-electron chi connectivity index (χ0n) is 15.2. The lowest BCUT2D eigenvalue weighted by Gasteiger charge is -2.34. The zero-order valence-corrected chi connectivity index (χ0v) is 15.2. The summed E-state index contributed by atoms with van der Waals surface area (Å²) < 4.78 is 4.44. The molecular weight excluding hydrogens is 354 g/mol. The predicted molar refractivity (Wildman–Crippen MR) is 96.3 cm³/mol. The van der Waals surface area contributed by atoms with Gasteiger partial charge < -0.3 is 25.4 Å². The number of carbonyl (C=O) groups excluding carboxylic acids is 3. The highest BCUT2D eigenvalue weighted by atomic mass is 16.5. The van der Waals surface area contributed by atoms with Gasteiger partial charge >= 0.3 is 18.0 Å². The van der Waals surface area contributed by atoms with Crippen molar-refractivity contribution in [2.24, 2.45) is 11.8 Å². The van der Waals surface area contributed by atoms with Crippen LogP contribution in [-0.2, 0) is 14.3 Å². The van der Waals surface area contributed by atoms with E-state index in [4.69, 9.17) is 0 Å². The van der Waals surface area contributed by atoms with E-state index in [1.807, 2.05) is 6.92 Å². The van der Waals surface area contributed by atoms with E-state index in [1.165, 1.54) is 24.1 Å². The number of anilines is 1.